The van der Waals surface area contributed by atoms with Crippen molar-refractivity contribution in [3.8, 4) is 0 Å². The number of aliphatic imine (C=N–C) groups is 1. The summed E-state index contributed by atoms with van der Waals surface area (Å²) in [4.78, 5) is 4.39. The molecule has 0 bridgehead atoms. The van der Waals surface area contributed by atoms with E-state index in [9.17, 15) is 0 Å². The molecular formula is C11H22N4O2. The molecule has 1 atom stereocenters. The third-order valence-electron chi connectivity index (χ3n) is 3.17. The van der Waals surface area contributed by atoms with Crippen molar-refractivity contribution in [1.29, 1.82) is 0 Å². The highest BCUT2D eigenvalue weighted by molar-refractivity contribution is 5.79. The maximum Gasteiger partial charge on any atom is 0.206 e. The fourth-order valence-corrected chi connectivity index (χ4v) is 2.23. The number of hydrogen-bond donors (Lipinski definition) is 3. The van der Waals surface area contributed by atoms with Crippen molar-refractivity contribution in [3.05, 3.63) is 0 Å². The van der Waals surface area contributed by atoms with E-state index in [4.69, 9.17) is 15.3 Å². The SMILES string of the molecule is NNC(=NCC1COCCO1)NC1CCCC1. The highest BCUT2D eigenvalue weighted by Gasteiger charge is 2.17. The predicted octanol–water partition coefficient (Wildman–Crippen LogP) is -0.247. The standard InChI is InChI=1S/C11H22N4O2/c12-15-11(14-9-3-1-2-4-9)13-7-10-8-16-5-6-17-10/h9-10H,1-8,12H2,(H2,13,14,15). The zero-order valence-electron chi connectivity index (χ0n) is 10.2. The van der Waals surface area contributed by atoms with Crippen LogP contribution in [0.25, 0.3) is 0 Å². The van der Waals surface area contributed by atoms with E-state index in [1.807, 2.05) is 0 Å². The van der Waals surface area contributed by atoms with Crippen LogP contribution in [0.4, 0.5) is 0 Å². The minimum Gasteiger partial charge on any atom is -0.376 e. The fraction of sp³-hybridized carbons (Fsp3) is 0.909. The summed E-state index contributed by atoms with van der Waals surface area (Å²) in [6, 6.07) is 0.508. The molecule has 4 N–H and O–H groups in total. The average Bonchev–Trinajstić information content (AvgIpc) is 2.88. The molecule has 1 heterocycles. The van der Waals surface area contributed by atoms with Gasteiger partial charge in [-0.3, -0.25) is 5.43 Å². The minimum atomic E-state index is 0.0532. The van der Waals surface area contributed by atoms with E-state index in [1.54, 1.807) is 0 Å². The number of nitrogens with zero attached hydrogens (tertiary/aromatic N) is 1. The third kappa shape index (κ3) is 4.14. The lowest BCUT2D eigenvalue weighted by atomic mass is 10.2. The van der Waals surface area contributed by atoms with Crippen LogP contribution in [0.3, 0.4) is 0 Å². The second-order valence-electron chi connectivity index (χ2n) is 4.53. The van der Waals surface area contributed by atoms with Gasteiger partial charge >= 0.3 is 0 Å². The molecule has 1 aliphatic carbocycles. The topological polar surface area (TPSA) is 80.9 Å². The molecule has 0 aromatic heterocycles. The van der Waals surface area contributed by atoms with Crippen LogP contribution in [0.1, 0.15) is 25.7 Å². The summed E-state index contributed by atoms with van der Waals surface area (Å²) in [6.45, 7) is 2.54. The lowest BCUT2D eigenvalue weighted by molar-refractivity contribution is -0.0832. The molecule has 1 unspecified atom stereocenters. The average molecular weight is 242 g/mol. The lowest BCUT2D eigenvalue weighted by Gasteiger charge is -2.22. The Morgan fingerprint density at radius 1 is 1.29 bits per heavy atom. The van der Waals surface area contributed by atoms with Gasteiger partial charge in [0.15, 0.2) is 0 Å². The van der Waals surface area contributed by atoms with Gasteiger partial charge in [-0.15, -0.1) is 0 Å². The second kappa shape index (κ2) is 6.78. The zero-order valence-corrected chi connectivity index (χ0v) is 10.2. The van der Waals surface area contributed by atoms with E-state index in [2.05, 4.69) is 15.7 Å². The van der Waals surface area contributed by atoms with Gasteiger partial charge in [-0.25, -0.2) is 10.8 Å². The molecule has 17 heavy (non-hydrogen) atoms. The van der Waals surface area contributed by atoms with Crippen LogP contribution >= 0.6 is 0 Å². The Hall–Kier alpha value is -0.850. The van der Waals surface area contributed by atoms with Crippen LogP contribution in [0.15, 0.2) is 4.99 Å². The van der Waals surface area contributed by atoms with Gasteiger partial charge in [-0.05, 0) is 12.8 Å². The molecule has 6 heteroatoms. The maximum atomic E-state index is 5.51. The van der Waals surface area contributed by atoms with Crippen LogP contribution < -0.4 is 16.6 Å². The minimum absolute atomic E-state index is 0.0532. The number of ether oxygens (including phenoxy) is 2. The number of nitrogens with two attached hydrogens (primary N) is 1. The van der Waals surface area contributed by atoms with Crippen molar-refractivity contribution in [2.45, 2.75) is 37.8 Å². The van der Waals surface area contributed by atoms with Gasteiger partial charge in [-0.1, -0.05) is 12.8 Å². The largest absolute Gasteiger partial charge is 0.376 e. The molecule has 0 spiro atoms. The molecule has 6 nitrogen and oxygen atoms in total. The van der Waals surface area contributed by atoms with Crippen molar-refractivity contribution in [3.63, 3.8) is 0 Å². The van der Waals surface area contributed by atoms with Crippen molar-refractivity contribution in [2.75, 3.05) is 26.4 Å². The summed E-state index contributed by atoms with van der Waals surface area (Å²) in [6.07, 6.45) is 5.02. The highest BCUT2D eigenvalue weighted by atomic mass is 16.6. The van der Waals surface area contributed by atoms with E-state index in [0.29, 0.717) is 38.4 Å². The number of rotatable bonds is 3. The van der Waals surface area contributed by atoms with Crippen LogP contribution in [0.2, 0.25) is 0 Å². The van der Waals surface area contributed by atoms with Crippen LogP contribution in [-0.4, -0.2) is 44.5 Å². The third-order valence-corrected chi connectivity index (χ3v) is 3.17. The first-order valence-electron chi connectivity index (χ1n) is 6.35. The van der Waals surface area contributed by atoms with E-state index >= 15 is 0 Å². The molecule has 0 aromatic carbocycles. The zero-order chi connectivity index (χ0) is 11.9. The molecule has 1 saturated heterocycles. The summed E-state index contributed by atoms with van der Waals surface area (Å²) >= 11 is 0. The van der Waals surface area contributed by atoms with Gasteiger partial charge in [0, 0.05) is 6.04 Å². The van der Waals surface area contributed by atoms with Crippen molar-refractivity contribution in [1.82, 2.24) is 10.7 Å². The first-order valence-corrected chi connectivity index (χ1v) is 6.35. The van der Waals surface area contributed by atoms with E-state index in [1.165, 1.54) is 25.7 Å². The van der Waals surface area contributed by atoms with Crippen molar-refractivity contribution < 1.29 is 9.47 Å². The Labute approximate surface area is 102 Å². The molecule has 2 rings (SSSR count). The molecule has 1 saturated carbocycles. The van der Waals surface area contributed by atoms with Crippen LogP contribution in [-0.2, 0) is 9.47 Å². The Kier molecular flexibility index (Phi) is 5.03. The first kappa shape index (κ1) is 12.6. The number of hydrogen-bond acceptors (Lipinski definition) is 4. The number of guanidine groups is 1. The maximum absolute atomic E-state index is 5.51. The quantitative estimate of drug-likeness (QED) is 0.275. The predicted molar refractivity (Wildman–Crippen MR) is 65.6 cm³/mol. The summed E-state index contributed by atoms with van der Waals surface area (Å²) in [5, 5.41) is 3.32. The monoisotopic (exact) mass is 242 g/mol. The van der Waals surface area contributed by atoms with Crippen molar-refractivity contribution in [2.24, 2.45) is 10.8 Å². The Morgan fingerprint density at radius 2 is 2.12 bits per heavy atom. The Bertz CT molecular complexity index is 248. The van der Waals surface area contributed by atoms with Crippen LogP contribution in [0.5, 0.6) is 0 Å². The lowest BCUT2D eigenvalue weighted by Crippen LogP contribution is -2.46. The number of nitrogens with one attached hydrogen (secondary N) is 2. The summed E-state index contributed by atoms with van der Waals surface area (Å²) < 4.78 is 10.8. The summed E-state index contributed by atoms with van der Waals surface area (Å²) in [7, 11) is 0. The van der Waals surface area contributed by atoms with Gasteiger partial charge in [0.2, 0.25) is 5.96 Å². The van der Waals surface area contributed by atoms with E-state index in [0.717, 1.165) is 0 Å². The molecule has 2 fully saturated rings. The molecule has 98 valence electrons. The smallest absolute Gasteiger partial charge is 0.206 e. The molecule has 0 amide bonds. The Morgan fingerprint density at radius 3 is 2.76 bits per heavy atom. The first-order chi connectivity index (χ1) is 8.38. The van der Waals surface area contributed by atoms with Gasteiger partial charge in [-0.2, -0.15) is 0 Å². The van der Waals surface area contributed by atoms with Gasteiger partial charge < -0.3 is 14.8 Å². The summed E-state index contributed by atoms with van der Waals surface area (Å²) in [5.74, 6) is 6.11. The highest BCUT2D eigenvalue weighted by Crippen LogP contribution is 2.17. The van der Waals surface area contributed by atoms with Crippen molar-refractivity contribution >= 4 is 5.96 Å². The van der Waals surface area contributed by atoms with Gasteiger partial charge in [0.1, 0.15) is 6.10 Å². The van der Waals surface area contributed by atoms with Gasteiger partial charge in [0.25, 0.3) is 0 Å². The molecular weight excluding hydrogens is 220 g/mol. The summed E-state index contributed by atoms with van der Waals surface area (Å²) in [5.41, 5.74) is 2.61. The van der Waals surface area contributed by atoms with Crippen LogP contribution in [0, 0.1) is 0 Å². The van der Waals surface area contributed by atoms with E-state index < -0.39 is 0 Å². The Balaban J connectivity index is 1.75. The molecule has 1 aliphatic heterocycles. The van der Waals surface area contributed by atoms with Gasteiger partial charge in [0.05, 0.1) is 26.4 Å². The second-order valence-corrected chi connectivity index (χ2v) is 4.53. The fourth-order valence-electron chi connectivity index (χ4n) is 2.23. The molecule has 0 radical (unpaired) electrons. The normalized spacial score (nSPS) is 27.1. The van der Waals surface area contributed by atoms with E-state index in [-0.39, 0.29) is 6.10 Å². The molecule has 0 aromatic rings. The molecule has 2 aliphatic rings. The number of hydrazine groups is 1.